The Morgan fingerprint density at radius 2 is 2.33 bits per heavy atom. The van der Waals surface area contributed by atoms with Gasteiger partial charge in [0.05, 0.1) is 17.7 Å². The average Bonchev–Trinajstić information content (AvgIpc) is 2.26. The lowest BCUT2D eigenvalue weighted by Gasteiger charge is -2.08. The second kappa shape index (κ2) is 6.07. The molecule has 5 heteroatoms. The maximum absolute atomic E-state index is 9.17. The molecule has 1 heterocycles. The van der Waals surface area contributed by atoms with E-state index >= 15 is 0 Å². The molecule has 2 atom stereocenters. The van der Waals surface area contributed by atoms with Crippen molar-refractivity contribution < 1.29 is 10.2 Å². The van der Waals surface area contributed by atoms with Crippen LogP contribution in [0.1, 0.15) is 18.5 Å². The number of nitrogens with two attached hydrogens (primary N) is 1. The Labute approximate surface area is 93.5 Å². The van der Waals surface area contributed by atoms with E-state index in [2.05, 4.69) is 4.98 Å². The van der Waals surface area contributed by atoms with Crippen LogP contribution in [-0.4, -0.2) is 33.7 Å². The van der Waals surface area contributed by atoms with E-state index in [1.807, 2.05) is 19.1 Å². The lowest BCUT2D eigenvalue weighted by atomic mass is 10.1. The summed E-state index contributed by atoms with van der Waals surface area (Å²) < 4.78 is 0. The lowest BCUT2D eigenvalue weighted by molar-refractivity contribution is 0.113. The molecule has 0 aliphatic rings. The quantitative estimate of drug-likeness (QED) is 0.641. The summed E-state index contributed by atoms with van der Waals surface area (Å²) in [6.45, 7) is 1.69. The summed E-state index contributed by atoms with van der Waals surface area (Å²) in [5, 5.41) is 18.6. The zero-order valence-corrected chi connectivity index (χ0v) is 9.44. The van der Waals surface area contributed by atoms with Gasteiger partial charge in [0.1, 0.15) is 0 Å². The van der Waals surface area contributed by atoms with Gasteiger partial charge >= 0.3 is 0 Å². The molecule has 4 N–H and O–H groups in total. The highest BCUT2D eigenvalue weighted by atomic mass is 32.2. The molecule has 0 saturated carbocycles. The number of hydrogen-bond acceptors (Lipinski definition) is 5. The maximum Gasteiger partial charge on any atom is 0.0964 e. The molecular weight excluding hydrogens is 212 g/mol. The Kier molecular flexibility index (Phi) is 5.04. The highest BCUT2D eigenvalue weighted by molar-refractivity contribution is 7.99. The van der Waals surface area contributed by atoms with Gasteiger partial charge in [0, 0.05) is 18.0 Å². The first-order chi connectivity index (χ1) is 7.13. The molecule has 0 aliphatic carbocycles. The van der Waals surface area contributed by atoms with E-state index in [9.17, 15) is 5.11 Å². The molecular formula is C10H16N2O2S. The third-order valence-electron chi connectivity index (χ3n) is 1.92. The van der Waals surface area contributed by atoms with Gasteiger partial charge < -0.3 is 15.9 Å². The van der Waals surface area contributed by atoms with Crippen LogP contribution in [0.2, 0.25) is 0 Å². The maximum atomic E-state index is 9.17. The van der Waals surface area contributed by atoms with E-state index in [1.165, 1.54) is 11.8 Å². The predicted molar refractivity (Wildman–Crippen MR) is 60.7 cm³/mol. The molecule has 1 aromatic rings. The molecule has 1 unspecified atom stereocenters. The Hall–Kier alpha value is -0.620. The highest BCUT2D eigenvalue weighted by Crippen LogP contribution is 2.19. The molecule has 0 aliphatic heterocycles. The van der Waals surface area contributed by atoms with Gasteiger partial charge in [-0.05, 0) is 24.6 Å². The summed E-state index contributed by atoms with van der Waals surface area (Å²) in [5.74, 6) is 0.436. The third kappa shape index (κ3) is 4.17. The first kappa shape index (κ1) is 12.4. The van der Waals surface area contributed by atoms with E-state index in [4.69, 9.17) is 10.8 Å². The molecule has 1 rings (SSSR count). The first-order valence-corrected chi connectivity index (χ1v) is 5.75. The zero-order chi connectivity index (χ0) is 11.3. The number of aromatic nitrogens is 1. The van der Waals surface area contributed by atoms with Crippen molar-refractivity contribution in [1.82, 2.24) is 4.98 Å². The Morgan fingerprint density at radius 3 is 2.93 bits per heavy atom. The van der Waals surface area contributed by atoms with Crippen molar-refractivity contribution in [3.63, 3.8) is 0 Å². The van der Waals surface area contributed by atoms with Gasteiger partial charge in [0.2, 0.25) is 0 Å². The molecule has 0 aromatic carbocycles. The van der Waals surface area contributed by atoms with Crippen LogP contribution in [0.25, 0.3) is 0 Å². The summed E-state index contributed by atoms with van der Waals surface area (Å²) in [6.07, 6.45) is 1.00. The van der Waals surface area contributed by atoms with Crippen LogP contribution < -0.4 is 5.73 Å². The molecule has 4 nitrogen and oxygen atoms in total. The molecule has 0 fully saturated rings. The summed E-state index contributed by atoms with van der Waals surface area (Å²) in [5.41, 5.74) is 6.76. The van der Waals surface area contributed by atoms with Crippen molar-refractivity contribution >= 4 is 11.8 Å². The van der Waals surface area contributed by atoms with Gasteiger partial charge in [-0.3, -0.25) is 0 Å². The van der Waals surface area contributed by atoms with E-state index in [1.54, 1.807) is 6.20 Å². The molecule has 0 radical (unpaired) electrons. The first-order valence-electron chi connectivity index (χ1n) is 4.76. The highest BCUT2D eigenvalue weighted by Gasteiger charge is 2.05. The zero-order valence-electron chi connectivity index (χ0n) is 8.63. The van der Waals surface area contributed by atoms with Crippen LogP contribution in [-0.2, 0) is 0 Å². The fourth-order valence-electron chi connectivity index (χ4n) is 1.02. The van der Waals surface area contributed by atoms with Crippen LogP contribution in [0.3, 0.4) is 0 Å². The molecule has 0 amide bonds. The topological polar surface area (TPSA) is 79.4 Å². The van der Waals surface area contributed by atoms with Gasteiger partial charge in [-0.2, -0.15) is 0 Å². The van der Waals surface area contributed by atoms with Gasteiger partial charge in [0.15, 0.2) is 0 Å². The van der Waals surface area contributed by atoms with Gasteiger partial charge in [-0.1, -0.05) is 0 Å². The Bertz CT molecular complexity index is 307. The molecule has 15 heavy (non-hydrogen) atoms. The fourth-order valence-corrected chi connectivity index (χ4v) is 1.84. The average molecular weight is 228 g/mol. The van der Waals surface area contributed by atoms with Crippen LogP contribution in [0, 0.1) is 0 Å². The van der Waals surface area contributed by atoms with Gasteiger partial charge in [-0.25, -0.2) is 4.98 Å². The van der Waals surface area contributed by atoms with Gasteiger partial charge in [0.25, 0.3) is 0 Å². The van der Waals surface area contributed by atoms with E-state index < -0.39 is 6.10 Å². The summed E-state index contributed by atoms with van der Waals surface area (Å²) in [6, 6.07) is 3.76. The molecule has 0 saturated heterocycles. The number of aliphatic hydroxyl groups excluding tert-OH is 2. The fraction of sp³-hybridized carbons (Fsp3) is 0.500. The predicted octanol–water partition coefficient (Wildman–Crippen LogP) is 0.547. The van der Waals surface area contributed by atoms with Crippen LogP contribution >= 0.6 is 11.8 Å². The number of aliphatic hydroxyl groups is 2. The van der Waals surface area contributed by atoms with Crippen molar-refractivity contribution in [3.05, 3.63) is 23.9 Å². The molecule has 1 aromatic heterocycles. The smallest absolute Gasteiger partial charge is 0.0964 e. The second-order valence-electron chi connectivity index (χ2n) is 3.36. The van der Waals surface area contributed by atoms with E-state index in [-0.39, 0.29) is 12.6 Å². The summed E-state index contributed by atoms with van der Waals surface area (Å²) in [4.78, 5) is 4.14. The Balaban J connectivity index is 2.58. The van der Waals surface area contributed by atoms with Crippen molar-refractivity contribution in [1.29, 1.82) is 0 Å². The Morgan fingerprint density at radius 1 is 1.60 bits per heavy atom. The monoisotopic (exact) mass is 228 g/mol. The third-order valence-corrected chi connectivity index (χ3v) is 2.99. The second-order valence-corrected chi connectivity index (χ2v) is 4.40. The van der Waals surface area contributed by atoms with Crippen LogP contribution in [0.4, 0.5) is 0 Å². The lowest BCUT2D eigenvalue weighted by Crippen LogP contribution is -2.14. The van der Waals surface area contributed by atoms with Crippen molar-refractivity contribution in [3.8, 4) is 0 Å². The van der Waals surface area contributed by atoms with Crippen molar-refractivity contribution in [2.24, 2.45) is 5.73 Å². The standard InChI is InChI=1S/C10H16N2O2S/c1-7(11)8-2-3-12-10(4-8)15-6-9(14)5-13/h2-4,7,9,13-14H,5-6,11H2,1H3/t7-,9?/m1/s1. The minimum Gasteiger partial charge on any atom is -0.394 e. The summed E-state index contributed by atoms with van der Waals surface area (Å²) >= 11 is 1.41. The number of pyridine rings is 1. The number of nitrogens with zero attached hydrogens (tertiary/aromatic N) is 1. The van der Waals surface area contributed by atoms with E-state index in [0.29, 0.717) is 5.75 Å². The number of rotatable bonds is 5. The number of thioether (sulfide) groups is 1. The van der Waals surface area contributed by atoms with Crippen molar-refractivity contribution in [2.45, 2.75) is 24.1 Å². The summed E-state index contributed by atoms with van der Waals surface area (Å²) in [7, 11) is 0. The van der Waals surface area contributed by atoms with Gasteiger partial charge in [-0.15, -0.1) is 11.8 Å². The largest absolute Gasteiger partial charge is 0.394 e. The van der Waals surface area contributed by atoms with Crippen molar-refractivity contribution in [2.75, 3.05) is 12.4 Å². The normalized spacial score (nSPS) is 14.9. The van der Waals surface area contributed by atoms with Crippen LogP contribution in [0.5, 0.6) is 0 Å². The number of hydrogen-bond donors (Lipinski definition) is 3. The minimum atomic E-state index is -0.698. The minimum absolute atomic E-state index is 0.0184. The SMILES string of the molecule is C[C@@H](N)c1ccnc(SCC(O)CO)c1. The molecule has 0 spiro atoms. The van der Waals surface area contributed by atoms with Crippen LogP contribution in [0.15, 0.2) is 23.4 Å². The van der Waals surface area contributed by atoms with E-state index in [0.717, 1.165) is 10.6 Å². The molecule has 0 bridgehead atoms. The molecule has 84 valence electrons.